The first-order valence-electron chi connectivity index (χ1n) is 6.16. The number of carbonyl (C=O) groups is 1. The van der Waals surface area contributed by atoms with Crippen molar-refractivity contribution in [1.29, 1.82) is 0 Å². The summed E-state index contributed by atoms with van der Waals surface area (Å²) in [4.78, 5) is 15.7. The fourth-order valence-electron chi connectivity index (χ4n) is 1.62. The number of nitrogens with zero attached hydrogens (tertiary/aromatic N) is 2. The summed E-state index contributed by atoms with van der Waals surface area (Å²) in [5.74, 6) is 0.863. The standard InChI is InChI=1S/C13H16N4O3/c1-8(18)10-4-3-5-11(6-10)16-13(19)14-7-12-15-9(2)20-17-12/h3-6,8,18H,7H2,1-2H3,(H2,14,16,19). The summed E-state index contributed by atoms with van der Waals surface area (Å²) in [6, 6.07) is 6.62. The third-order valence-electron chi connectivity index (χ3n) is 2.60. The predicted octanol–water partition coefficient (Wildman–Crippen LogP) is 1.75. The lowest BCUT2D eigenvalue weighted by Gasteiger charge is -2.09. The van der Waals surface area contributed by atoms with E-state index in [1.807, 2.05) is 0 Å². The molecule has 20 heavy (non-hydrogen) atoms. The Morgan fingerprint density at radius 2 is 2.30 bits per heavy atom. The Balaban J connectivity index is 1.89. The first-order valence-corrected chi connectivity index (χ1v) is 6.16. The quantitative estimate of drug-likeness (QED) is 0.790. The van der Waals surface area contributed by atoms with E-state index in [0.717, 1.165) is 5.56 Å². The largest absolute Gasteiger partial charge is 0.389 e. The first-order chi connectivity index (χ1) is 9.54. The molecule has 0 spiro atoms. The fourth-order valence-corrected chi connectivity index (χ4v) is 1.62. The van der Waals surface area contributed by atoms with Crippen molar-refractivity contribution in [3.8, 4) is 0 Å². The minimum atomic E-state index is -0.581. The van der Waals surface area contributed by atoms with E-state index in [1.54, 1.807) is 38.1 Å². The highest BCUT2D eigenvalue weighted by atomic mass is 16.5. The molecule has 3 N–H and O–H groups in total. The first kappa shape index (κ1) is 14.0. The fraction of sp³-hybridized carbons (Fsp3) is 0.308. The Labute approximate surface area is 116 Å². The molecule has 0 radical (unpaired) electrons. The van der Waals surface area contributed by atoms with E-state index in [9.17, 15) is 9.90 Å². The maximum atomic E-state index is 11.7. The molecule has 7 nitrogen and oxygen atoms in total. The van der Waals surface area contributed by atoms with Crippen molar-refractivity contribution in [2.45, 2.75) is 26.5 Å². The Kier molecular flexibility index (Phi) is 4.31. The number of nitrogens with one attached hydrogen (secondary N) is 2. The lowest BCUT2D eigenvalue weighted by Crippen LogP contribution is -2.28. The zero-order valence-corrected chi connectivity index (χ0v) is 11.3. The number of rotatable bonds is 4. The van der Waals surface area contributed by atoms with Gasteiger partial charge in [0.05, 0.1) is 12.6 Å². The molecular weight excluding hydrogens is 260 g/mol. The summed E-state index contributed by atoms with van der Waals surface area (Å²) < 4.78 is 4.80. The van der Waals surface area contributed by atoms with Crippen LogP contribution >= 0.6 is 0 Å². The number of hydrogen-bond acceptors (Lipinski definition) is 5. The molecule has 0 bridgehead atoms. The van der Waals surface area contributed by atoms with Crippen LogP contribution in [0.3, 0.4) is 0 Å². The van der Waals surface area contributed by atoms with E-state index in [0.29, 0.717) is 17.4 Å². The average molecular weight is 276 g/mol. The van der Waals surface area contributed by atoms with Gasteiger partial charge in [-0.3, -0.25) is 0 Å². The van der Waals surface area contributed by atoms with E-state index in [1.165, 1.54) is 0 Å². The molecule has 2 rings (SSSR count). The lowest BCUT2D eigenvalue weighted by molar-refractivity contribution is 0.199. The monoisotopic (exact) mass is 276 g/mol. The number of benzene rings is 1. The van der Waals surface area contributed by atoms with E-state index in [2.05, 4.69) is 20.8 Å². The molecule has 7 heteroatoms. The molecule has 0 saturated carbocycles. The number of aliphatic hydroxyl groups excluding tert-OH is 1. The van der Waals surface area contributed by atoms with E-state index < -0.39 is 6.10 Å². The number of aliphatic hydroxyl groups is 1. The molecular formula is C13H16N4O3. The van der Waals surface area contributed by atoms with Crippen molar-refractivity contribution < 1.29 is 14.4 Å². The maximum absolute atomic E-state index is 11.7. The van der Waals surface area contributed by atoms with Crippen molar-refractivity contribution in [3.05, 3.63) is 41.5 Å². The third-order valence-corrected chi connectivity index (χ3v) is 2.60. The zero-order chi connectivity index (χ0) is 14.5. The summed E-state index contributed by atoms with van der Waals surface area (Å²) in [6.45, 7) is 3.52. The van der Waals surface area contributed by atoms with E-state index >= 15 is 0 Å². The van der Waals surface area contributed by atoms with Crippen molar-refractivity contribution >= 4 is 11.7 Å². The summed E-state index contributed by atoms with van der Waals surface area (Å²) in [6.07, 6.45) is -0.581. The topological polar surface area (TPSA) is 100 Å². The maximum Gasteiger partial charge on any atom is 0.319 e. The molecule has 1 aromatic heterocycles. The number of carbonyl (C=O) groups excluding carboxylic acids is 1. The second kappa shape index (κ2) is 6.16. The number of urea groups is 1. The highest BCUT2D eigenvalue weighted by Gasteiger charge is 2.07. The number of aromatic nitrogens is 2. The summed E-state index contributed by atoms with van der Waals surface area (Å²) in [5.41, 5.74) is 1.33. The number of hydrogen-bond donors (Lipinski definition) is 3. The average Bonchev–Trinajstić information content (AvgIpc) is 2.82. The number of aryl methyl sites for hydroxylation is 1. The van der Waals surface area contributed by atoms with Crippen LogP contribution in [0.5, 0.6) is 0 Å². The van der Waals surface area contributed by atoms with Gasteiger partial charge in [0.2, 0.25) is 5.89 Å². The van der Waals surface area contributed by atoms with Gasteiger partial charge in [-0.1, -0.05) is 17.3 Å². The molecule has 106 valence electrons. The summed E-state index contributed by atoms with van der Waals surface area (Å²) >= 11 is 0. The molecule has 0 saturated heterocycles. The van der Waals surface area contributed by atoms with Gasteiger partial charge < -0.3 is 20.3 Å². The van der Waals surface area contributed by atoms with Gasteiger partial charge in [0, 0.05) is 12.6 Å². The van der Waals surface area contributed by atoms with Gasteiger partial charge in [0.1, 0.15) is 0 Å². The van der Waals surface area contributed by atoms with E-state index in [-0.39, 0.29) is 12.6 Å². The zero-order valence-electron chi connectivity index (χ0n) is 11.3. The van der Waals surface area contributed by atoms with Gasteiger partial charge in [-0.25, -0.2) is 4.79 Å². The van der Waals surface area contributed by atoms with E-state index in [4.69, 9.17) is 4.52 Å². The molecule has 2 aromatic rings. The third kappa shape index (κ3) is 3.79. The normalized spacial score (nSPS) is 11.9. The molecule has 1 heterocycles. The lowest BCUT2D eigenvalue weighted by atomic mass is 10.1. The van der Waals surface area contributed by atoms with Crippen LogP contribution in [0, 0.1) is 6.92 Å². The van der Waals surface area contributed by atoms with Crippen molar-refractivity contribution in [3.63, 3.8) is 0 Å². The molecule has 0 fully saturated rings. The predicted molar refractivity (Wildman–Crippen MR) is 72.0 cm³/mol. The Bertz CT molecular complexity index is 595. The Morgan fingerprint density at radius 1 is 1.50 bits per heavy atom. The van der Waals surface area contributed by atoms with Crippen LogP contribution in [-0.4, -0.2) is 21.3 Å². The van der Waals surface area contributed by atoms with Gasteiger partial charge in [0.15, 0.2) is 5.82 Å². The SMILES string of the molecule is Cc1nc(CNC(=O)Nc2cccc(C(C)O)c2)no1. The summed E-state index contributed by atoms with van der Waals surface area (Å²) in [7, 11) is 0. The van der Waals surface area contributed by atoms with Crippen LogP contribution < -0.4 is 10.6 Å². The van der Waals surface area contributed by atoms with Gasteiger partial charge in [-0.15, -0.1) is 0 Å². The number of amides is 2. The van der Waals surface area contributed by atoms with Gasteiger partial charge >= 0.3 is 6.03 Å². The molecule has 1 aromatic carbocycles. The van der Waals surface area contributed by atoms with Gasteiger partial charge in [-0.2, -0.15) is 4.98 Å². The highest BCUT2D eigenvalue weighted by molar-refractivity contribution is 5.89. The van der Waals surface area contributed by atoms with Crippen molar-refractivity contribution in [1.82, 2.24) is 15.5 Å². The van der Waals surface area contributed by atoms with Crippen LogP contribution in [0.2, 0.25) is 0 Å². The molecule has 0 aliphatic carbocycles. The molecule has 0 aliphatic heterocycles. The molecule has 1 atom stereocenters. The van der Waals surface area contributed by atoms with Crippen molar-refractivity contribution in [2.24, 2.45) is 0 Å². The van der Waals surface area contributed by atoms with Crippen LogP contribution in [0.15, 0.2) is 28.8 Å². The summed E-state index contributed by atoms with van der Waals surface area (Å²) in [5, 5.41) is 18.4. The van der Waals surface area contributed by atoms with Crippen LogP contribution in [0.1, 0.15) is 30.3 Å². The molecule has 1 unspecified atom stereocenters. The second-order valence-electron chi connectivity index (χ2n) is 4.34. The Morgan fingerprint density at radius 3 is 2.95 bits per heavy atom. The minimum Gasteiger partial charge on any atom is -0.389 e. The van der Waals surface area contributed by atoms with Crippen molar-refractivity contribution in [2.75, 3.05) is 5.32 Å². The Hall–Kier alpha value is -2.41. The van der Waals surface area contributed by atoms with Crippen LogP contribution in [-0.2, 0) is 6.54 Å². The van der Waals surface area contributed by atoms with Crippen LogP contribution in [0.4, 0.5) is 10.5 Å². The molecule has 0 aliphatic rings. The van der Waals surface area contributed by atoms with Gasteiger partial charge in [0.25, 0.3) is 0 Å². The number of anilines is 1. The smallest absolute Gasteiger partial charge is 0.319 e. The molecule has 2 amide bonds. The van der Waals surface area contributed by atoms with Crippen LogP contribution in [0.25, 0.3) is 0 Å². The highest BCUT2D eigenvalue weighted by Crippen LogP contribution is 2.16. The minimum absolute atomic E-state index is 0.180. The van der Waals surface area contributed by atoms with Gasteiger partial charge in [-0.05, 0) is 24.6 Å². The second-order valence-corrected chi connectivity index (χ2v) is 4.34.